The average Bonchev–Trinajstić information content (AvgIpc) is 2.46. The van der Waals surface area contributed by atoms with Crippen LogP contribution in [-0.2, 0) is 0 Å². The highest BCUT2D eigenvalue weighted by atomic mass is 16.4. The lowest BCUT2D eigenvalue weighted by Crippen LogP contribution is -2.30. The average molecular weight is 177 g/mol. The molecule has 0 saturated heterocycles. The molecule has 2 rings (SSSR count). The minimum absolute atomic E-state index is 0.158. The Labute approximate surface area is 74.6 Å². The molecule has 1 heterocycles. The zero-order valence-electron chi connectivity index (χ0n) is 6.73. The van der Waals surface area contributed by atoms with Crippen molar-refractivity contribution in [1.82, 2.24) is 4.98 Å². The first-order valence-corrected chi connectivity index (χ1v) is 3.84. The maximum absolute atomic E-state index is 9.14. The maximum Gasteiger partial charge on any atom is 0.505 e. The normalized spacial score (nSPS) is 10.6. The summed E-state index contributed by atoms with van der Waals surface area (Å²) in [4.78, 5) is 2.81. The van der Waals surface area contributed by atoms with Crippen LogP contribution in [0.15, 0.2) is 24.3 Å². The Kier molecular flexibility index (Phi) is 1.75. The smallest absolute Gasteiger partial charge is 0.505 e. The van der Waals surface area contributed by atoms with Gasteiger partial charge in [-0.3, -0.25) is 0 Å². The fourth-order valence-corrected chi connectivity index (χ4v) is 1.28. The van der Waals surface area contributed by atoms with Crippen LogP contribution >= 0.6 is 0 Å². The largest absolute Gasteiger partial charge is 0.508 e. The fourth-order valence-electron chi connectivity index (χ4n) is 1.28. The Morgan fingerprint density at radius 3 is 2.62 bits per heavy atom. The van der Waals surface area contributed by atoms with Gasteiger partial charge in [-0.15, -0.1) is 0 Å². The minimum Gasteiger partial charge on any atom is -0.508 e. The van der Waals surface area contributed by atoms with Gasteiger partial charge in [0.15, 0.2) is 0 Å². The number of hydrogen-bond acceptors (Lipinski definition) is 3. The molecule has 0 amide bonds. The summed E-state index contributed by atoms with van der Waals surface area (Å²) in [5.74, 6) is 0.158. The van der Waals surface area contributed by atoms with E-state index in [1.807, 2.05) is 0 Å². The first-order valence-electron chi connectivity index (χ1n) is 3.84. The molecule has 66 valence electrons. The summed E-state index contributed by atoms with van der Waals surface area (Å²) in [7, 11) is -1.51. The highest BCUT2D eigenvalue weighted by Gasteiger charge is 2.13. The Morgan fingerprint density at radius 2 is 1.92 bits per heavy atom. The van der Waals surface area contributed by atoms with Gasteiger partial charge in [-0.1, -0.05) is 0 Å². The lowest BCUT2D eigenvalue weighted by Gasteiger charge is -1.90. The van der Waals surface area contributed by atoms with Crippen LogP contribution in [0.1, 0.15) is 0 Å². The zero-order chi connectivity index (χ0) is 9.42. The number of aromatic amines is 1. The van der Waals surface area contributed by atoms with Crippen LogP contribution in [0.25, 0.3) is 10.9 Å². The Morgan fingerprint density at radius 1 is 1.15 bits per heavy atom. The van der Waals surface area contributed by atoms with Crippen LogP contribution in [0.2, 0.25) is 0 Å². The Bertz CT molecular complexity index is 438. The van der Waals surface area contributed by atoms with Crippen LogP contribution in [0.3, 0.4) is 0 Å². The van der Waals surface area contributed by atoms with Crippen molar-refractivity contribution in [2.45, 2.75) is 0 Å². The topological polar surface area (TPSA) is 76.5 Å². The molecule has 0 spiro atoms. The fraction of sp³-hybridized carbons (Fsp3) is 0. The first kappa shape index (κ1) is 8.16. The lowest BCUT2D eigenvalue weighted by molar-refractivity contribution is 0.424. The Balaban J connectivity index is 2.62. The molecule has 2 aromatic rings. The molecule has 4 nitrogen and oxygen atoms in total. The van der Waals surface area contributed by atoms with E-state index in [-0.39, 0.29) is 5.75 Å². The van der Waals surface area contributed by atoms with E-state index in [1.165, 1.54) is 6.07 Å². The van der Waals surface area contributed by atoms with Crippen LogP contribution < -0.4 is 5.59 Å². The molecule has 1 aromatic carbocycles. The van der Waals surface area contributed by atoms with E-state index in [0.717, 1.165) is 10.9 Å². The summed E-state index contributed by atoms with van der Waals surface area (Å²) in [6.07, 6.45) is 0. The molecule has 1 aromatic heterocycles. The number of fused-ring (bicyclic) bond motifs is 1. The molecule has 0 saturated carbocycles. The van der Waals surface area contributed by atoms with E-state index in [0.29, 0.717) is 5.59 Å². The van der Waals surface area contributed by atoms with Gasteiger partial charge in [-0.25, -0.2) is 0 Å². The molecular weight excluding hydrogens is 169 g/mol. The highest BCUT2D eigenvalue weighted by Crippen LogP contribution is 2.17. The third-order valence-electron chi connectivity index (χ3n) is 1.90. The molecule has 0 atom stereocenters. The predicted molar refractivity (Wildman–Crippen MR) is 49.8 cm³/mol. The van der Waals surface area contributed by atoms with Gasteiger partial charge in [0, 0.05) is 16.5 Å². The van der Waals surface area contributed by atoms with Gasteiger partial charge in [-0.2, -0.15) is 0 Å². The Hall–Kier alpha value is -1.46. The van der Waals surface area contributed by atoms with Gasteiger partial charge < -0.3 is 20.1 Å². The molecule has 13 heavy (non-hydrogen) atoms. The number of hydrogen-bond donors (Lipinski definition) is 4. The predicted octanol–water partition coefficient (Wildman–Crippen LogP) is -0.447. The second-order valence-electron chi connectivity index (χ2n) is 2.87. The lowest BCUT2D eigenvalue weighted by atomic mass is 9.86. The van der Waals surface area contributed by atoms with Gasteiger partial charge in [-0.05, 0) is 24.3 Å². The van der Waals surface area contributed by atoms with Crippen LogP contribution in [0.4, 0.5) is 0 Å². The number of nitrogens with one attached hydrogen (secondary N) is 1. The van der Waals surface area contributed by atoms with Gasteiger partial charge >= 0.3 is 7.12 Å². The van der Waals surface area contributed by atoms with Crippen molar-refractivity contribution in [3.05, 3.63) is 24.3 Å². The van der Waals surface area contributed by atoms with E-state index in [9.17, 15) is 0 Å². The van der Waals surface area contributed by atoms with E-state index in [4.69, 9.17) is 15.2 Å². The number of aromatic nitrogens is 1. The molecule has 0 aliphatic heterocycles. The van der Waals surface area contributed by atoms with E-state index >= 15 is 0 Å². The summed E-state index contributed by atoms with van der Waals surface area (Å²) in [5, 5.41) is 27.6. The molecule has 0 bridgehead atoms. The number of H-pyrrole nitrogens is 1. The van der Waals surface area contributed by atoms with Gasteiger partial charge in [0.1, 0.15) is 5.75 Å². The summed E-state index contributed by atoms with van der Waals surface area (Å²) in [6, 6.07) is 6.35. The van der Waals surface area contributed by atoms with Gasteiger partial charge in [0.25, 0.3) is 0 Å². The molecule has 0 aliphatic rings. The van der Waals surface area contributed by atoms with Crippen molar-refractivity contribution in [3.63, 3.8) is 0 Å². The summed E-state index contributed by atoms with van der Waals surface area (Å²) >= 11 is 0. The van der Waals surface area contributed by atoms with Crippen molar-refractivity contribution in [3.8, 4) is 5.75 Å². The summed E-state index contributed by atoms with van der Waals surface area (Å²) in [6.45, 7) is 0. The van der Waals surface area contributed by atoms with Crippen LogP contribution in [0, 0.1) is 0 Å². The van der Waals surface area contributed by atoms with E-state index < -0.39 is 7.12 Å². The third kappa shape index (κ3) is 1.39. The van der Waals surface area contributed by atoms with Crippen molar-refractivity contribution in [2.75, 3.05) is 0 Å². The van der Waals surface area contributed by atoms with Gasteiger partial charge in [0.05, 0.1) is 0 Å². The van der Waals surface area contributed by atoms with Crippen LogP contribution in [-0.4, -0.2) is 27.3 Å². The van der Waals surface area contributed by atoms with Crippen molar-refractivity contribution < 1.29 is 15.2 Å². The first-order chi connectivity index (χ1) is 6.16. The zero-order valence-corrected chi connectivity index (χ0v) is 6.73. The molecule has 0 aliphatic carbocycles. The third-order valence-corrected chi connectivity index (χ3v) is 1.90. The van der Waals surface area contributed by atoms with E-state index in [2.05, 4.69) is 4.98 Å². The molecular formula is C8H8BNO3. The maximum atomic E-state index is 9.14. The number of phenolic OH excluding ortho intramolecular Hbond substituents is 1. The minimum atomic E-state index is -1.51. The van der Waals surface area contributed by atoms with Crippen molar-refractivity contribution >= 4 is 23.6 Å². The summed E-state index contributed by atoms with van der Waals surface area (Å²) in [5.41, 5.74) is 1.08. The molecule has 5 heteroatoms. The SMILES string of the molecule is OB(O)c1cc2cc(O)ccc2[nH]1. The quantitative estimate of drug-likeness (QED) is 0.445. The van der Waals surface area contributed by atoms with Crippen LogP contribution in [0.5, 0.6) is 5.75 Å². The second kappa shape index (κ2) is 2.79. The highest BCUT2D eigenvalue weighted by molar-refractivity contribution is 6.58. The van der Waals surface area contributed by atoms with Crippen molar-refractivity contribution in [2.24, 2.45) is 0 Å². The number of rotatable bonds is 1. The molecule has 0 unspecified atom stereocenters. The van der Waals surface area contributed by atoms with Crippen molar-refractivity contribution in [1.29, 1.82) is 0 Å². The standard InChI is InChI=1S/C8H8BNO3/c11-6-1-2-7-5(3-6)4-8(10-7)9(12)13/h1-4,10-13H. The monoisotopic (exact) mass is 177 g/mol. The van der Waals surface area contributed by atoms with E-state index in [1.54, 1.807) is 18.2 Å². The molecule has 0 fully saturated rings. The number of aromatic hydroxyl groups is 1. The number of benzene rings is 1. The second-order valence-corrected chi connectivity index (χ2v) is 2.87. The molecule has 0 radical (unpaired) electrons. The van der Waals surface area contributed by atoms with Gasteiger partial charge in [0.2, 0.25) is 0 Å². The summed E-state index contributed by atoms with van der Waals surface area (Å²) < 4.78 is 0. The molecule has 4 N–H and O–H groups in total. The number of phenols is 1.